The van der Waals surface area contributed by atoms with Gasteiger partial charge in [-0.05, 0) is 36.3 Å². The van der Waals surface area contributed by atoms with Crippen molar-refractivity contribution in [1.82, 2.24) is 9.80 Å². The molecule has 0 aliphatic rings. The van der Waals surface area contributed by atoms with E-state index in [1.165, 1.54) is 0 Å². The number of hydrogen-bond donors (Lipinski definition) is 1. The Labute approximate surface area is 151 Å². The molecule has 2 N–H and O–H groups in total. The van der Waals surface area contributed by atoms with Gasteiger partial charge in [0.15, 0.2) is 0 Å². The summed E-state index contributed by atoms with van der Waals surface area (Å²) in [4.78, 5) is 17.3. The third-order valence-electron chi connectivity index (χ3n) is 4.52. The minimum atomic E-state index is 0.0691. The summed E-state index contributed by atoms with van der Waals surface area (Å²) in [5.41, 5.74) is 8.55. The maximum Gasteiger partial charge on any atom is 0.254 e. The molecule has 2 aromatic rings. The van der Waals surface area contributed by atoms with Gasteiger partial charge in [-0.2, -0.15) is 0 Å². The SMILES string of the molecule is CCN(CC)CCN(Cc1ccccc1)C(=O)c1ccc(CN)cc1. The lowest BCUT2D eigenvalue weighted by molar-refractivity contribution is 0.0724. The van der Waals surface area contributed by atoms with E-state index in [9.17, 15) is 4.79 Å². The molecule has 0 heterocycles. The van der Waals surface area contributed by atoms with Gasteiger partial charge in [0, 0.05) is 31.7 Å². The second-order valence-electron chi connectivity index (χ2n) is 6.14. The van der Waals surface area contributed by atoms with E-state index in [1.807, 2.05) is 47.4 Å². The van der Waals surface area contributed by atoms with E-state index in [4.69, 9.17) is 5.73 Å². The Morgan fingerprint density at radius 1 is 0.880 bits per heavy atom. The van der Waals surface area contributed by atoms with Gasteiger partial charge >= 0.3 is 0 Å². The minimum absolute atomic E-state index is 0.0691. The molecule has 0 spiro atoms. The quantitative estimate of drug-likeness (QED) is 0.763. The molecule has 2 aromatic carbocycles. The molecule has 0 saturated heterocycles. The van der Waals surface area contributed by atoms with Gasteiger partial charge in [0.1, 0.15) is 0 Å². The van der Waals surface area contributed by atoms with Crippen molar-refractivity contribution in [3.05, 3.63) is 71.3 Å². The molecule has 0 saturated carbocycles. The predicted octanol–water partition coefficient (Wildman–Crippen LogP) is 3.13. The molecule has 2 rings (SSSR count). The molecule has 0 aliphatic carbocycles. The number of hydrogen-bond acceptors (Lipinski definition) is 3. The Balaban J connectivity index is 2.14. The molecule has 0 unspecified atom stereocenters. The van der Waals surface area contributed by atoms with E-state index in [2.05, 4.69) is 30.9 Å². The molecular formula is C21H29N3O. The van der Waals surface area contributed by atoms with Crippen LogP contribution in [0.4, 0.5) is 0 Å². The third-order valence-corrected chi connectivity index (χ3v) is 4.52. The zero-order valence-electron chi connectivity index (χ0n) is 15.3. The topological polar surface area (TPSA) is 49.6 Å². The van der Waals surface area contributed by atoms with Crippen LogP contribution in [-0.2, 0) is 13.1 Å². The Morgan fingerprint density at radius 3 is 2.08 bits per heavy atom. The highest BCUT2D eigenvalue weighted by Crippen LogP contribution is 2.12. The molecule has 0 atom stereocenters. The van der Waals surface area contributed by atoms with Gasteiger partial charge in [-0.1, -0.05) is 56.3 Å². The minimum Gasteiger partial charge on any atom is -0.333 e. The van der Waals surface area contributed by atoms with Gasteiger partial charge < -0.3 is 15.5 Å². The van der Waals surface area contributed by atoms with Crippen LogP contribution in [0.5, 0.6) is 0 Å². The fraction of sp³-hybridized carbons (Fsp3) is 0.381. The van der Waals surface area contributed by atoms with E-state index < -0.39 is 0 Å². The maximum atomic E-state index is 13.0. The van der Waals surface area contributed by atoms with Gasteiger partial charge in [-0.25, -0.2) is 0 Å². The monoisotopic (exact) mass is 339 g/mol. The van der Waals surface area contributed by atoms with Crippen molar-refractivity contribution in [1.29, 1.82) is 0 Å². The zero-order chi connectivity index (χ0) is 18.1. The summed E-state index contributed by atoms with van der Waals surface area (Å²) in [6.07, 6.45) is 0. The Morgan fingerprint density at radius 2 is 1.52 bits per heavy atom. The predicted molar refractivity (Wildman–Crippen MR) is 103 cm³/mol. The molecule has 134 valence electrons. The first-order valence-electron chi connectivity index (χ1n) is 9.02. The van der Waals surface area contributed by atoms with Crippen LogP contribution in [0.1, 0.15) is 35.3 Å². The van der Waals surface area contributed by atoms with Crippen molar-refractivity contribution in [2.24, 2.45) is 5.73 Å². The lowest BCUT2D eigenvalue weighted by atomic mass is 10.1. The van der Waals surface area contributed by atoms with Gasteiger partial charge in [-0.15, -0.1) is 0 Å². The standard InChI is InChI=1S/C21H29N3O/c1-3-23(4-2)14-15-24(17-19-8-6-5-7-9-19)21(25)20-12-10-18(16-22)11-13-20/h5-13H,3-4,14-17,22H2,1-2H3. The van der Waals surface area contributed by atoms with Crippen LogP contribution in [0.3, 0.4) is 0 Å². The van der Waals surface area contributed by atoms with Gasteiger partial charge in [0.05, 0.1) is 0 Å². The average molecular weight is 339 g/mol. The molecule has 4 nitrogen and oxygen atoms in total. The third kappa shape index (κ3) is 5.69. The second kappa shape index (κ2) is 9.97. The van der Waals surface area contributed by atoms with Crippen LogP contribution in [0.2, 0.25) is 0 Å². The average Bonchev–Trinajstić information content (AvgIpc) is 2.68. The molecule has 1 amide bonds. The number of carbonyl (C=O) groups excluding carboxylic acids is 1. The van der Waals surface area contributed by atoms with Crippen molar-refractivity contribution in [3.63, 3.8) is 0 Å². The van der Waals surface area contributed by atoms with Crippen LogP contribution >= 0.6 is 0 Å². The molecule has 0 aliphatic heterocycles. The molecule has 0 bridgehead atoms. The fourth-order valence-electron chi connectivity index (χ4n) is 2.82. The highest BCUT2D eigenvalue weighted by molar-refractivity contribution is 5.94. The van der Waals surface area contributed by atoms with Gasteiger partial charge in [0.25, 0.3) is 5.91 Å². The van der Waals surface area contributed by atoms with Crippen LogP contribution in [0.25, 0.3) is 0 Å². The second-order valence-corrected chi connectivity index (χ2v) is 6.14. The van der Waals surface area contributed by atoms with Crippen molar-refractivity contribution in [2.75, 3.05) is 26.2 Å². The van der Waals surface area contributed by atoms with Crippen molar-refractivity contribution >= 4 is 5.91 Å². The first-order valence-corrected chi connectivity index (χ1v) is 9.02. The number of nitrogens with two attached hydrogens (primary N) is 1. The number of nitrogens with zero attached hydrogens (tertiary/aromatic N) is 2. The van der Waals surface area contributed by atoms with Crippen molar-refractivity contribution < 1.29 is 4.79 Å². The summed E-state index contributed by atoms with van der Waals surface area (Å²) < 4.78 is 0. The summed E-state index contributed by atoms with van der Waals surface area (Å²) in [6.45, 7) is 9.01. The van der Waals surface area contributed by atoms with Crippen LogP contribution in [0, 0.1) is 0 Å². The maximum absolute atomic E-state index is 13.0. The van der Waals surface area contributed by atoms with Crippen LogP contribution in [0.15, 0.2) is 54.6 Å². The summed E-state index contributed by atoms with van der Waals surface area (Å²) in [7, 11) is 0. The lowest BCUT2D eigenvalue weighted by Crippen LogP contribution is -2.38. The van der Waals surface area contributed by atoms with Gasteiger partial charge in [-0.3, -0.25) is 4.79 Å². The van der Waals surface area contributed by atoms with Crippen molar-refractivity contribution in [2.45, 2.75) is 26.9 Å². The molecule has 0 radical (unpaired) electrons. The summed E-state index contributed by atoms with van der Waals surface area (Å²) in [5, 5.41) is 0. The summed E-state index contributed by atoms with van der Waals surface area (Å²) >= 11 is 0. The smallest absolute Gasteiger partial charge is 0.254 e. The number of carbonyl (C=O) groups is 1. The lowest BCUT2D eigenvalue weighted by Gasteiger charge is -2.27. The van der Waals surface area contributed by atoms with E-state index >= 15 is 0 Å². The Hall–Kier alpha value is -2.17. The Kier molecular flexibility index (Phi) is 7.64. The molecule has 0 fully saturated rings. The van der Waals surface area contributed by atoms with Crippen molar-refractivity contribution in [3.8, 4) is 0 Å². The largest absolute Gasteiger partial charge is 0.333 e. The van der Waals surface area contributed by atoms with Crippen LogP contribution in [-0.4, -0.2) is 41.9 Å². The number of rotatable bonds is 9. The first-order chi connectivity index (χ1) is 12.2. The van der Waals surface area contributed by atoms with E-state index in [1.54, 1.807) is 0 Å². The van der Waals surface area contributed by atoms with E-state index in [0.29, 0.717) is 25.2 Å². The highest BCUT2D eigenvalue weighted by Gasteiger charge is 2.17. The highest BCUT2D eigenvalue weighted by atomic mass is 16.2. The van der Waals surface area contributed by atoms with Crippen LogP contribution < -0.4 is 5.73 Å². The molecular weight excluding hydrogens is 310 g/mol. The molecule has 0 aromatic heterocycles. The number of benzene rings is 2. The zero-order valence-corrected chi connectivity index (χ0v) is 15.3. The summed E-state index contributed by atoms with van der Waals surface area (Å²) in [5.74, 6) is 0.0691. The summed E-state index contributed by atoms with van der Waals surface area (Å²) in [6, 6.07) is 17.8. The normalized spacial score (nSPS) is 10.9. The molecule has 25 heavy (non-hydrogen) atoms. The fourth-order valence-corrected chi connectivity index (χ4v) is 2.82. The van der Waals surface area contributed by atoms with E-state index in [0.717, 1.165) is 30.8 Å². The molecule has 4 heteroatoms. The number of amides is 1. The Bertz CT molecular complexity index is 636. The first kappa shape index (κ1) is 19.2. The van der Waals surface area contributed by atoms with E-state index in [-0.39, 0.29) is 5.91 Å². The number of likely N-dealkylation sites (N-methyl/N-ethyl adjacent to an activating group) is 1. The van der Waals surface area contributed by atoms with Gasteiger partial charge in [0.2, 0.25) is 0 Å².